The molecule has 2 aromatic heterocycles. The van der Waals surface area contributed by atoms with Gasteiger partial charge in [0.1, 0.15) is 5.52 Å². The molecule has 0 radical (unpaired) electrons. The van der Waals surface area contributed by atoms with Crippen LogP contribution < -0.4 is 16.2 Å². The number of pyridine rings is 1. The fourth-order valence-electron chi connectivity index (χ4n) is 2.48. The summed E-state index contributed by atoms with van der Waals surface area (Å²) in [6.45, 7) is 1.52. The van der Waals surface area contributed by atoms with Crippen LogP contribution in [0.15, 0.2) is 53.6 Å². The summed E-state index contributed by atoms with van der Waals surface area (Å²) in [6.07, 6.45) is 4.43. The highest BCUT2D eigenvalue weighted by atomic mass is 16.2. The van der Waals surface area contributed by atoms with Gasteiger partial charge in [0.25, 0.3) is 5.56 Å². The van der Waals surface area contributed by atoms with E-state index in [-0.39, 0.29) is 24.4 Å². The van der Waals surface area contributed by atoms with Crippen LogP contribution >= 0.6 is 0 Å². The number of amides is 1. The predicted molar refractivity (Wildman–Crippen MR) is 98.8 cm³/mol. The molecule has 8 nitrogen and oxygen atoms in total. The van der Waals surface area contributed by atoms with Crippen molar-refractivity contribution in [2.45, 2.75) is 19.4 Å². The maximum absolute atomic E-state index is 12.3. The minimum atomic E-state index is -0.232. The Balaban J connectivity index is 1.40. The predicted octanol–water partition coefficient (Wildman–Crippen LogP) is 1.19. The van der Waals surface area contributed by atoms with E-state index in [1.165, 1.54) is 4.68 Å². The zero-order valence-electron chi connectivity index (χ0n) is 14.3. The molecule has 0 aliphatic heterocycles. The smallest absolute Gasteiger partial charge is 0.277 e. The number of hydrogen-bond donors (Lipinski definition) is 2. The topological polar surface area (TPSA) is 102 Å². The van der Waals surface area contributed by atoms with E-state index in [0.29, 0.717) is 17.4 Å². The van der Waals surface area contributed by atoms with Crippen molar-refractivity contribution < 1.29 is 4.79 Å². The summed E-state index contributed by atoms with van der Waals surface area (Å²) in [5.74, 6) is -0.115. The Labute approximate surface area is 150 Å². The molecule has 0 unspecified atom stereocenters. The summed E-state index contributed by atoms with van der Waals surface area (Å²) in [5.41, 5.74) is 1.32. The molecule has 0 saturated carbocycles. The van der Waals surface area contributed by atoms with Gasteiger partial charge in [0.15, 0.2) is 0 Å². The Hall–Kier alpha value is -3.29. The molecule has 1 amide bonds. The average molecular weight is 352 g/mol. The Bertz CT molecular complexity index is 926. The number of fused-ring (bicyclic) bond motifs is 1. The normalized spacial score (nSPS) is 10.6. The first kappa shape index (κ1) is 17.5. The fourth-order valence-corrected chi connectivity index (χ4v) is 2.48. The van der Waals surface area contributed by atoms with Gasteiger partial charge in [-0.1, -0.05) is 17.3 Å². The lowest BCUT2D eigenvalue weighted by atomic mass is 10.2. The van der Waals surface area contributed by atoms with Crippen LogP contribution in [-0.2, 0) is 11.3 Å². The van der Waals surface area contributed by atoms with Gasteiger partial charge in [0.2, 0.25) is 5.91 Å². The van der Waals surface area contributed by atoms with Gasteiger partial charge in [-0.25, -0.2) is 4.68 Å². The largest absolute Gasteiger partial charge is 0.385 e. The maximum Gasteiger partial charge on any atom is 0.277 e. The molecule has 134 valence electrons. The molecule has 3 rings (SSSR count). The van der Waals surface area contributed by atoms with Crippen LogP contribution in [0.3, 0.4) is 0 Å². The molecule has 2 N–H and O–H groups in total. The third kappa shape index (κ3) is 4.62. The minimum absolute atomic E-state index is 0.115. The van der Waals surface area contributed by atoms with Gasteiger partial charge in [-0.05, 0) is 30.7 Å². The summed E-state index contributed by atoms with van der Waals surface area (Å²) in [5, 5.41) is 14.5. The van der Waals surface area contributed by atoms with E-state index >= 15 is 0 Å². The number of anilines is 1. The lowest BCUT2D eigenvalue weighted by molar-refractivity contribution is -0.121. The van der Waals surface area contributed by atoms with Crippen LogP contribution in [0.1, 0.15) is 12.8 Å². The quantitative estimate of drug-likeness (QED) is 0.591. The lowest BCUT2D eigenvalue weighted by Gasteiger charge is -2.08. The number of rotatable bonds is 8. The summed E-state index contributed by atoms with van der Waals surface area (Å²) >= 11 is 0. The van der Waals surface area contributed by atoms with Gasteiger partial charge in [0.05, 0.1) is 11.9 Å². The highest BCUT2D eigenvalue weighted by Crippen LogP contribution is 2.04. The first-order valence-corrected chi connectivity index (χ1v) is 8.47. The number of benzene rings is 1. The van der Waals surface area contributed by atoms with Crippen LogP contribution in [-0.4, -0.2) is 39.0 Å². The van der Waals surface area contributed by atoms with Gasteiger partial charge in [-0.15, -0.1) is 5.10 Å². The zero-order valence-corrected chi connectivity index (χ0v) is 14.3. The standard InChI is InChI=1S/C18H20N6O2/c25-17(21-10-3-9-20-14-6-11-19-12-7-14)8-13-24-18(26)15-4-1-2-5-16(15)22-23-24/h1-2,4-7,11-12H,3,8-10,13H2,(H,19,20)(H,21,25). The maximum atomic E-state index is 12.3. The molecular weight excluding hydrogens is 332 g/mol. The van der Waals surface area contributed by atoms with Crippen molar-refractivity contribution in [2.75, 3.05) is 18.4 Å². The van der Waals surface area contributed by atoms with Crippen LogP contribution in [0.2, 0.25) is 0 Å². The van der Waals surface area contributed by atoms with Crippen LogP contribution in [0.4, 0.5) is 5.69 Å². The summed E-state index contributed by atoms with van der Waals surface area (Å²) < 4.78 is 1.23. The molecule has 8 heteroatoms. The van der Waals surface area contributed by atoms with Gasteiger partial charge < -0.3 is 10.6 Å². The molecule has 0 fully saturated rings. The molecule has 0 spiro atoms. The molecule has 0 atom stereocenters. The number of aromatic nitrogens is 4. The van der Waals surface area contributed by atoms with Crippen molar-refractivity contribution in [2.24, 2.45) is 0 Å². The number of hydrogen-bond acceptors (Lipinski definition) is 6. The Kier molecular flexibility index (Phi) is 5.87. The first-order valence-electron chi connectivity index (χ1n) is 8.47. The SMILES string of the molecule is O=C(CCn1nnc2ccccc2c1=O)NCCCNc1ccncc1. The second kappa shape index (κ2) is 8.70. The van der Waals surface area contributed by atoms with Gasteiger partial charge in [-0.3, -0.25) is 14.6 Å². The van der Waals surface area contributed by atoms with E-state index in [1.54, 1.807) is 36.7 Å². The number of carbonyl (C=O) groups excluding carboxylic acids is 1. The Morgan fingerprint density at radius 2 is 1.88 bits per heavy atom. The van der Waals surface area contributed by atoms with Crippen LogP contribution in [0, 0.1) is 0 Å². The molecular formula is C18H20N6O2. The Morgan fingerprint density at radius 1 is 1.08 bits per heavy atom. The monoisotopic (exact) mass is 352 g/mol. The van der Waals surface area contributed by atoms with Crippen molar-refractivity contribution in [1.29, 1.82) is 0 Å². The fraction of sp³-hybridized carbons (Fsp3) is 0.278. The highest BCUT2D eigenvalue weighted by molar-refractivity contribution is 5.77. The molecule has 0 aliphatic carbocycles. The minimum Gasteiger partial charge on any atom is -0.385 e. The van der Waals surface area contributed by atoms with Gasteiger partial charge >= 0.3 is 0 Å². The molecule has 2 heterocycles. The summed E-state index contributed by atoms with van der Waals surface area (Å²) in [6, 6.07) is 10.8. The number of nitrogens with one attached hydrogen (secondary N) is 2. The molecule has 0 aliphatic rings. The molecule has 26 heavy (non-hydrogen) atoms. The zero-order chi connectivity index (χ0) is 18.2. The number of nitrogens with zero attached hydrogens (tertiary/aromatic N) is 4. The van der Waals surface area contributed by atoms with Gasteiger partial charge in [-0.2, -0.15) is 0 Å². The summed E-state index contributed by atoms with van der Waals surface area (Å²) in [7, 11) is 0. The molecule has 3 aromatic rings. The van der Waals surface area contributed by atoms with Crippen LogP contribution in [0.25, 0.3) is 10.9 Å². The Morgan fingerprint density at radius 3 is 2.73 bits per heavy atom. The van der Waals surface area contributed by atoms with E-state index in [9.17, 15) is 9.59 Å². The number of carbonyl (C=O) groups is 1. The van der Waals surface area contributed by atoms with E-state index in [2.05, 4.69) is 25.9 Å². The third-order valence-electron chi connectivity index (χ3n) is 3.87. The number of aryl methyl sites for hydroxylation is 1. The second-order valence-electron chi connectivity index (χ2n) is 5.75. The van der Waals surface area contributed by atoms with E-state index < -0.39 is 0 Å². The third-order valence-corrected chi connectivity index (χ3v) is 3.87. The van der Waals surface area contributed by atoms with Crippen molar-refractivity contribution in [3.8, 4) is 0 Å². The molecule has 0 bridgehead atoms. The average Bonchev–Trinajstić information content (AvgIpc) is 2.68. The van der Waals surface area contributed by atoms with Crippen molar-refractivity contribution in [3.05, 3.63) is 59.1 Å². The summed E-state index contributed by atoms with van der Waals surface area (Å²) in [4.78, 5) is 28.2. The van der Waals surface area contributed by atoms with E-state index in [4.69, 9.17) is 0 Å². The second-order valence-corrected chi connectivity index (χ2v) is 5.75. The first-order chi connectivity index (χ1) is 12.7. The molecule has 0 saturated heterocycles. The lowest BCUT2D eigenvalue weighted by Crippen LogP contribution is -2.30. The van der Waals surface area contributed by atoms with Crippen molar-refractivity contribution in [3.63, 3.8) is 0 Å². The highest BCUT2D eigenvalue weighted by Gasteiger charge is 2.07. The van der Waals surface area contributed by atoms with E-state index in [1.807, 2.05) is 12.1 Å². The van der Waals surface area contributed by atoms with Crippen molar-refractivity contribution >= 4 is 22.5 Å². The van der Waals surface area contributed by atoms with Crippen molar-refractivity contribution in [1.82, 2.24) is 25.3 Å². The van der Waals surface area contributed by atoms with E-state index in [0.717, 1.165) is 18.7 Å². The molecule has 1 aromatic carbocycles. The van der Waals surface area contributed by atoms with Crippen LogP contribution in [0.5, 0.6) is 0 Å². The van der Waals surface area contributed by atoms with Gasteiger partial charge in [0, 0.05) is 37.6 Å².